The molecule has 0 fully saturated rings. The number of hydrogen-bond donors (Lipinski definition) is 2. The molecule has 18 heavy (non-hydrogen) atoms. The minimum Gasteiger partial charge on any atom is -0.505 e. The number of nitrogens with one attached hydrogen (secondary N) is 1. The number of rotatable bonds is 2. The van der Waals surface area contributed by atoms with Crippen molar-refractivity contribution >= 4 is 11.6 Å². The molecule has 6 heteroatoms. The summed E-state index contributed by atoms with van der Waals surface area (Å²) in [6.07, 6.45) is 1.15. The predicted molar refractivity (Wildman–Crippen MR) is 60.2 cm³/mol. The molecular formula is C12H8F2N2O2. The number of amides is 1. The topological polar surface area (TPSA) is 62.2 Å². The number of phenols is 1. The van der Waals surface area contributed by atoms with E-state index in [2.05, 4.69) is 10.3 Å². The van der Waals surface area contributed by atoms with E-state index in [0.29, 0.717) is 0 Å². The lowest BCUT2D eigenvalue weighted by molar-refractivity contribution is 0.102. The molecule has 0 bridgehead atoms. The highest BCUT2D eigenvalue weighted by atomic mass is 19.1. The van der Waals surface area contributed by atoms with Crippen molar-refractivity contribution < 1.29 is 18.7 Å². The summed E-state index contributed by atoms with van der Waals surface area (Å²) in [5.41, 5.74) is 0.225. The number of carbonyl (C=O) groups is 1. The van der Waals surface area contributed by atoms with Crippen LogP contribution in [0.5, 0.6) is 5.75 Å². The fraction of sp³-hybridized carbons (Fsp3) is 0. The average Bonchev–Trinajstić information content (AvgIpc) is 2.34. The van der Waals surface area contributed by atoms with E-state index in [9.17, 15) is 13.6 Å². The van der Waals surface area contributed by atoms with E-state index in [0.717, 1.165) is 24.4 Å². The van der Waals surface area contributed by atoms with Gasteiger partial charge >= 0.3 is 0 Å². The lowest BCUT2D eigenvalue weighted by atomic mass is 10.2. The predicted octanol–water partition coefficient (Wildman–Crippen LogP) is 2.32. The number of pyridine rings is 1. The van der Waals surface area contributed by atoms with Crippen LogP contribution in [0.4, 0.5) is 14.5 Å². The third-order valence-electron chi connectivity index (χ3n) is 2.19. The molecule has 0 saturated heterocycles. The Labute approximate surface area is 101 Å². The van der Waals surface area contributed by atoms with Gasteiger partial charge in [0.15, 0.2) is 11.6 Å². The molecule has 2 aromatic rings. The standard InChI is InChI=1S/C12H8F2N2O2/c13-9-6-8(1-2-10(9)17)16-12(18)7-3-4-15-11(14)5-7/h1-6,17H,(H,16,18). The maximum atomic E-state index is 13.0. The van der Waals surface area contributed by atoms with Crippen LogP contribution in [0.15, 0.2) is 36.5 Å². The zero-order valence-electron chi connectivity index (χ0n) is 9.02. The lowest BCUT2D eigenvalue weighted by Gasteiger charge is -2.05. The Morgan fingerprint density at radius 2 is 2.00 bits per heavy atom. The zero-order valence-corrected chi connectivity index (χ0v) is 9.02. The van der Waals surface area contributed by atoms with Gasteiger partial charge < -0.3 is 10.4 Å². The summed E-state index contributed by atoms with van der Waals surface area (Å²) in [7, 11) is 0. The first-order chi connectivity index (χ1) is 8.56. The number of anilines is 1. The highest BCUT2D eigenvalue weighted by Crippen LogP contribution is 2.19. The molecule has 2 N–H and O–H groups in total. The van der Waals surface area contributed by atoms with Crippen LogP contribution >= 0.6 is 0 Å². The normalized spacial score (nSPS) is 10.1. The Bertz CT molecular complexity index is 602. The highest BCUT2D eigenvalue weighted by molar-refractivity contribution is 6.04. The van der Waals surface area contributed by atoms with Crippen LogP contribution in [0, 0.1) is 11.8 Å². The van der Waals surface area contributed by atoms with Crippen LogP contribution in [-0.2, 0) is 0 Å². The van der Waals surface area contributed by atoms with E-state index in [1.807, 2.05) is 0 Å². The summed E-state index contributed by atoms with van der Waals surface area (Å²) < 4.78 is 25.8. The monoisotopic (exact) mass is 250 g/mol. The van der Waals surface area contributed by atoms with Crippen LogP contribution in [0.1, 0.15) is 10.4 Å². The molecule has 0 spiro atoms. The van der Waals surface area contributed by atoms with Gasteiger partial charge in [-0.2, -0.15) is 4.39 Å². The van der Waals surface area contributed by atoms with Gasteiger partial charge in [-0.1, -0.05) is 0 Å². The molecule has 0 unspecified atom stereocenters. The van der Waals surface area contributed by atoms with E-state index in [-0.39, 0.29) is 11.3 Å². The van der Waals surface area contributed by atoms with Crippen LogP contribution in [0.2, 0.25) is 0 Å². The Morgan fingerprint density at radius 3 is 2.67 bits per heavy atom. The number of nitrogens with zero attached hydrogens (tertiary/aromatic N) is 1. The third-order valence-corrected chi connectivity index (χ3v) is 2.19. The van der Waals surface area contributed by atoms with Gasteiger partial charge in [-0.25, -0.2) is 9.37 Å². The number of aromatic nitrogens is 1. The molecular weight excluding hydrogens is 242 g/mol. The maximum Gasteiger partial charge on any atom is 0.255 e. The van der Waals surface area contributed by atoms with Gasteiger partial charge in [0.05, 0.1) is 0 Å². The van der Waals surface area contributed by atoms with Gasteiger partial charge in [0, 0.05) is 29.6 Å². The van der Waals surface area contributed by atoms with Gasteiger partial charge in [-0.3, -0.25) is 4.79 Å². The van der Waals surface area contributed by atoms with Crippen molar-refractivity contribution in [2.75, 3.05) is 5.32 Å². The number of halogens is 2. The van der Waals surface area contributed by atoms with Crippen molar-refractivity contribution in [3.63, 3.8) is 0 Å². The fourth-order valence-electron chi connectivity index (χ4n) is 1.33. The van der Waals surface area contributed by atoms with E-state index >= 15 is 0 Å². The van der Waals surface area contributed by atoms with E-state index in [1.54, 1.807) is 0 Å². The van der Waals surface area contributed by atoms with Crippen molar-refractivity contribution in [3.05, 3.63) is 53.9 Å². The molecule has 4 nitrogen and oxygen atoms in total. The van der Waals surface area contributed by atoms with E-state index in [4.69, 9.17) is 5.11 Å². The van der Waals surface area contributed by atoms with Crippen molar-refractivity contribution in [2.24, 2.45) is 0 Å². The molecule has 1 amide bonds. The van der Waals surface area contributed by atoms with Gasteiger partial charge in [-0.15, -0.1) is 0 Å². The first-order valence-electron chi connectivity index (χ1n) is 4.97. The first kappa shape index (κ1) is 12.0. The molecule has 92 valence electrons. The molecule has 0 saturated carbocycles. The second-order valence-corrected chi connectivity index (χ2v) is 3.49. The summed E-state index contributed by atoms with van der Waals surface area (Å²) in [6, 6.07) is 5.69. The zero-order chi connectivity index (χ0) is 13.1. The van der Waals surface area contributed by atoms with E-state index < -0.39 is 23.4 Å². The molecule has 1 aromatic carbocycles. The number of phenolic OH excluding ortho intramolecular Hbond substituents is 1. The van der Waals surface area contributed by atoms with Crippen molar-refractivity contribution in [3.8, 4) is 5.75 Å². The number of hydrogen-bond acceptors (Lipinski definition) is 3. The minimum absolute atomic E-state index is 0.0657. The minimum atomic E-state index is -0.853. The van der Waals surface area contributed by atoms with Crippen molar-refractivity contribution in [1.82, 2.24) is 4.98 Å². The summed E-state index contributed by atoms with van der Waals surface area (Å²) in [5, 5.41) is 11.4. The van der Waals surface area contributed by atoms with Crippen LogP contribution in [0.3, 0.4) is 0 Å². The maximum absolute atomic E-state index is 13.0. The Balaban J connectivity index is 2.18. The van der Waals surface area contributed by atoms with Crippen LogP contribution in [-0.4, -0.2) is 16.0 Å². The smallest absolute Gasteiger partial charge is 0.255 e. The van der Waals surface area contributed by atoms with E-state index in [1.165, 1.54) is 12.1 Å². The fourth-order valence-corrected chi connectivity index (χ4v) is 1.33. The Morgan fingerprint density at radius 1 is 1.22 bits per heavy atom. The summed E-state index contributed by atoms with van der Waals surface area (Å²) in [5.74, 6) is -2.74. The summed E-state index contributed by atoms with van der Waals surface area (Å²) in [4.78, 5) is 15.0. The average molecular weight is 250 g/mol. The molecule has 0 aliphatic carbocycles. The third kappa shape index (κ3) is 2.60. The summed E-state index contributed by atoms with van der Waals surface area (Å²) in [6.45, 7) is 0. The molecule has 0 aliphatic heterocycles. The SMILES string of the molecule is O=C(Nc1ccc(O)c(F)c1)c1ccnc(F)c1. The van der Waals surface area contributed by atoms with Gasteiger partial charge in [0.1, 0.15) is 0 Å². The highest BCUT2D eigenvalue weighted by Gasteiger charge is 2.09. The molecule has 2 rings (SSSR count). The van der Waals surface area contributed by atoms with Crippen LogP contribution in [0.25, 0.3) is 0 Å². The Kier molecular flexibility index (Phi) is 3.18. The summed E-state index contributed by atoms with van der Waals surface area (Å²) >= 11 is 0. The molecule has 1 heterocycles. The molecule has 1 aromatic heterocycles. The van der Waals surface area contributed by atoms with Crippen molar-refractivity contribution in [2.45, 2.75) is 0 Å². The molecule has 0 aliphatic rings. The lowest BCUT2D eigenvalue weighted by Crippen LogP contribution is -2.12. The number of aromatic hydroxyl groups is 1. The second kappa shape index (κ2) is 4.79. The number of carbonyl (C=O) groups excluding carboxylic acids is 1. The van der Waals surface area contributed by atoms with Crippen LogP contribution < -0.4 is 5.32 Å². The molecule has 0 radical (unpaired) electrons. The Hall–Kier alpha value is -2.50. The quantitative estimate of drug-likeness (QED) is 0.635. The number of benzene rings is 1. The van der Waals surface area contributed by atoms with Gasteiger partial charge in [0.25, 0.3) is 5.91 Å². The largest absolute Gasteiger partial charge is 0.505 e. The first-order valence-corrected chi connectivity index (χ1v) is 4.97. The molecule has 0 atom stereocenters. The van der Waals surface area contributed by atoms with Gasteiger partial charge in [-0.05, 0) is 18.2 Å². The van der Waals surface area contributed by atoms with Crippen molar-refractivity contribution in [1.29, 1.82) is 0 Å². The van der Waals surface area contributed by atoms with Gasteiger partial charge in [0.2, 0.25) is 5.95 Å². The second-order valence-electron chi connectivity index (χ2n) is 3.49.